The molecule has 2 rings (SSSR count). The van der Waals surface area contributed by atoms with Crippen LogP contribution in [0.1, 0.15) is 10.4 Å². The van der Waals surface area contributed by atoms with Crippen LogP contribution in [-0.2, 0) is 0 Å². The molecule has 19 heavy (non-hydrogen) atoms. The van der Waals surface area contributed by atoms with E-state index in [-0.39, 0.29) is 21.6 Å². The summed E-state index contributed by atoms with van der Waals surface area (Å²) >= 11 is 14.7. The lowest BCUT2D eigenvalue weighted by molar-refractivity contribution is 0.102. The molecule has 98 valence electrons. The van der Waals surface area contributed by atoms with Crippen molar-refractivity contribution in [2.45, 2.75) is 0 Å². The molecule has 0 saturated heterocycles. The Morgan fingerprint density at radius 1 is 1.32 bits per heavy atom. The van der Waals surface area contributed by atoms with Crippen molar-refractivity contribution in [2.75, 3.05) is 5.32 Å². The highest BCUT2D eigenvalue weighted by atomic mass is 79.9. The number of rotatable bonds is 2. The molecule has 0 spiro atoms. The molecule has 0 aliphatic carbocycles. The van der Waals surface area contributed by atoms with Gasteiger partial charge in [0.05, 0.1) is 5.56 Å². The topological polar surface area (TPSA) is 54.9 Å². The van der Waals surface area contributed by atoms with Gasteiger partial charge in [0.15, 0.2) is 11.0 Å². The Balaban J connectivity index is 2.31. The van der Waals surface area contributed by atoms with Gasteiger partial charge in [0, 0.05) is 4.47 Å². The minimum Gasteiger partial charge on any atom is -0.305 e. The Kier molecular flexibility index (Phi) is 4.34. The normalized spacial score (nSPS) is 10.3. The van der Waals surface area contributed by atoms with E-state index in [1.165, 1.54) is 18.2 Å². The van der Waals surface area contributed by atoms with Crippen LogP contribution in [0.2, 0.25) is 10.2 Å². The van der Waals surface area contributed by atoms with Gasteiger partial charge in [0.25, 0.3) is 5.91 Å². The number of carbonyl (C=O) groups excluding carboxylic acids is 1. The number of aromatic nitrogens is 2. The van der Waals surface area contributed by atoms with Crippen molar-refractivity contribution < 1.29 is 9.18 Å². The SMILES string of the molecule is O=C(Nc1ncnc(Cl)c1Cl)c1cc(Br)ccc1F. The van der Waals surface area contributed by atoms with Crippen LogP contribution >= 0.6 is 39.1 Å². The minimum absolute atomic E-state index is 0.00156. The minimum atomic E-state index is -0.685. The molecule has 1 aromatic heterocycles. The molecular weight excluding hydrogens is 360 g/mol. The number of anilines is 1. The molecule has 1 aromatic carbocycles. The molecule has 1 amide bonds. The first-order valence-electron chi connectivity index (χ1n) is 4.91. The van der Waals surface area contributed by atoms with Crippen LogP contribution < -0.4 is 5.32 Å². The largest absolute Gasteiger partial charge is 0.305 e. The molecule has 8 heteroatoms. The van der Waals surface area contributed by atoms with Crippen molar-refractivity contribution in [3.63, 3.8) is 0 Å². The number of carbonyl (C=O) groups is 1. The summed E-state index contributed by atoms with van der Waals surface area (Å²) in [5, 5.41) is 2.36. The smallest absolute Gasteiger partial charge is 0.259 e. The average Bonchev–Trinajstić information content (AvgIpc) is 2.38. The maximum absolute atomic E-state index is 13.5. The van der Waals surface area contributed by atoms with Crippen LogP contribution in [0.4, 0.5) is 10.2 Å². The standard InChI is InChI=1S/C11H5BrCl2FN3O/c12-5-1-2-7(15)6(3-5)11(19)18-10-8(13)9(14)16-4-17-10/h1-4H,(H,16,17,18,19). The molecule has 0 aliphatic rings. The Morgan fingerprint density at radius 2 is 2.05 bits per heavy atom. The predicted octanol–water partition coefficient (Wildman–Crippen LogP) is 3.94. The lowest BCUT2D eigenvalue weighted by atomic mass is 10.2. The first-order chi connectivity index (χ1) is 8.99. The van der Waals surface area contributed by atoms with Crippen LogP contribution in [0.25, 0.3) is 0 Å². The number of amides is 1. The fraction of sp³-hybridized carbons (Fsp3) is 0. The fourth-order valence-corrected chi connectivity index (χ4v) is 1.92. The molecule has 0 radical (unpaired) electrons. The van der Waals surface area contributed by atoms with Crippen LogP contribution in [0, 0.1) is 5.82 Å². The third-order valence-electron chi connectivity index (χ3n) is 2.15. The number of nitrogens with one attached hydrogen (secondary N) is 1. The van der Waals surface area contributed by atoms with Crippen LogP contribution in [0.5, 0.6) is 0 Å². The molecular formula is C11H5BrCl2FN3O. The number of hydrogen-bond donors (Lipinski definition) is 1. The second kappa shape index (κ2) is 5.81. The van der Waals surface area contributed by atoms with Crippen LogP contribution in [0.15, 0.2) is 29.0 Å². The summed E-state index contributed by atoms with van der Waals surface area (Å²) in [7, 11) is 0. The number of nitrogens with zero attached hydrogens (tertiary/aromatic N) is 2. The monoisotopic (exact) mass is 363 g/mol. The van der Waals surface area contributed by atoms with Crippen molar-refractivity contribution in [2.24, 2.45) is 0 Å². The van der Waals surface area contributed by atoms with E-state index < -0.39 is 11.7 Å². The zero-order chi connectivity index (χ0) is 14.0. The van der Waals surface area contributed by atoms with Gasteiger partial charge in [-0.1, -0.05) is 39.1 Å². The van der Waals surface area contributed by atoms with E-state index in [0.29, 0.717) is 4.47 Å². The Bertz CT molecular complexity index is 654. The number of benzene rings is 1. The van der Waals surface area contributed by atoms with Crippen molar-refractivity contribution >= 4 is 50.9 Å². The van der Waals surface area contributed by atoms with Gasteiger partial charge in [-0.15, -0.1) is 0 Å². The van der Waals surface area contributed by atoms with Gasteiger partial charge in [-0.05, 0) is 18.2 Å². The fourth-order valence-electron chi connectivity index (χ4n) is 1.28. The van der Waals surface area contributed by atoms with Gasteiger partial charge in [-0.2, -0.15) is 0 Å². The third-order valence-corrected chi connectivity index (χ3v) is 3.39. The first kappa shape index (κ1) is 14.2. The van der Waals surface area contributed by atoms with Crippen molar-refractivity contribution in [1.82, 2.24) is 9.97 Å². The van der Waals surface area contributed by atoms with Crippen LogP contribution in [-0.4, -0.2) is 15.9 Å². The number of halogens is 4. The molecule has 0 atom stereocenters. The molecule has 1 N–H and O–H groups in total. The van der Waals surface area contributed by atoms with Gasteiger partial charge in [0.1, 0.15) is 17.2 Å². The van der Waals surface area contributed by atoms with E-state index in [4.69, 9.17) is 23.2 Å². The number of hydrogen-bond acceptors (Lipinski definition) is 3. The highest BCUT2D eigenvalue weighted by molar-refractivity contribution is 9.10. The Labute approximate surface area is 126 Å². The lowest BCUT2D eigenvalue weighted by Crippen LogP contribution is -2.15. The molecule has 0 saturated carbocycles. The summed E-state index contributed by atoms with van der Waals surface area (Å²) in [6, 6.07) is 4.01. The van der Waals surface area contributed by atoms with E-state index in [0.717, 1.165) is 6.33 Å². The molecule has 1 heterocycles. The van der Waals surface area contributed by atoms with Crippen molar-refractivity contribution in [3.05, 3.63) is 50.6 Å². The highest BCUT2D eigenvalue weighted by Crippen LogP contribution is 2.26. The predicted molar refractivity (Wildman–Crippen MR) is 74.1 cm³/mol. The quantitative estimate of drug-likeness (QED) is 0.821. The maximum atomic E-state index is 13.5. The van der Waals surface area contributed by atoms with Crippen molar-refractivity contribution in [3.8, 4) is 0 Å². The Morgan fingerprint density at radius 3 is 2.79 bits per heavy atom. The van der Waals surface area contributed by atoms with Gasteiger partial charge < -0.3 is 5.32 Å². The van der Waals surface area contributed by atoms with E-state index in [9.17, 15) is 9.18 Å². The summed E-state index contributed by atoms with van der Waals surface area (Å²) in [6.07, 6.45) is 1.14. The van der Waals surface area contributed by atoms with Crippen LogP contribution in [0.3, 0.4) is 0 Å². The van der Waals surface area contributed by atoms with Gasteiger partial charge >= 0.3 is 0 Å². The highest BCUT2D eigenvalue weighted by Gasteiger charge is 2.15. The van der Waals surface area contributed by atoms with E-state index in [2.05, 4.69) is 31.2 Å². The molecule has 4 nitrogen and oxygen atoms in total. The van der Waals surface area contributed by atoms with Crippen molar-refractivity contribution in [1.29, 1.82) is 0 Å². The lowest BCUT2D eigenvalue weighted by Gasteiger charge is -2.07. The average molecular weight is 365 g/mol. The maximum Gasteiger partial charge on any atom is 0.259 e. The molecule has 2 aromatic rings. The van der Waals surface area contributed by atoms with Gasteiger partial charge in [-0.3, -0.25) is 4.79 Å². The summed E-state index contributed by atoms with van der Waals surface area (Å²) in [5.74, 6) is -1.32. The molecule has 0 fully saturated rings. The summed E-state index contributed by atoms with van der Waals surface area (Å²) in [5.41, 5.74) is -0.139. The summed E-state index contributed by atoms with van der Waals surface area (Å²) in [4.78, 5) is 19.3. The van der Waals surface area contributed by atoms with E-state index >= 15 is 0 Å². The van der Waals surface area contributed by atoms with E-state index in [1.807, 2.05) is 0 Å². The zero-order valence-corrected chi connectivity index (χ0v) is 12.2. The zero-order valence-electron chi connectivity index (χ0n) is 9.12. The van der Waals surface area contributed by atoms with Gasteiger partial charge in [0.2, 0.25) is 0 Å². The second-order valence-electron chi connectivity index (χ2n) is 3.41. The summed E-state index contributed by atoms with van der Waals surface area (Å²) < 4.78 is 14.1. The van der Waals surface area contributed by atoms with E-state index in [1.54, 1.807) is 0 Å². The summed E-state index contributed by atoms with van der Waals surface area (Å²) in [6.45, 7) is 0. The molecule has 0 bridgehead atoms. The first-order valence-corrected chi connectivity index (χ1v) is 6.46. The second-order valence-corrected chi connectivity index (χ2v) is 5.06. The Hall–Kier alpha value is -1.24. The third kappa shape index (κ3) is 3.20. The van der Waals surface area contributed by atoms with Gasteiger partial charge in [-0.25, -0.2) is 14.4 Å². The molecule has 0 unspecified atom stereocenters. The molecule has 0 aliphatic heterocycles.